The van der Waals surface area contributed by atoms with Crippen molar-refractivity contribution in [2.75, 3.05) is 0 Å². The minimum Gasteiger partial charge on any atom is -0.507 e. The Morgan fingerprint density at radius 1 is 0.737 bits per heavy atom. The lowest BCUT2D eigenvalue weighted by Crippen LogP contribution is -1.97. The standard InChI is InChI=1S/C18H22O/c1-12(2)16-10-15(14-8-6-5-7-9-14)11-17(13(3)4)18(16)19/h5-13,19H,1-4H3. The van der Waals surface area contributed by atoms with Crippen LogP contribution in [-0.4, -0.2) is 5.11 Å². The first-order valence-electron chi connectivity index (χ1n) is 6.93. The van der Waals surface area contributed by atoms with E-state index in [1.54, 1.807) is 0 Å². The Bertz CT molecular complexity index is 524. The van der Waals surface area contributed by atoms with Crippen LogP contribution in [0, 0.1) is 0 Å². The zero-order valence-electron chi connectivity index (χ0n) is 12.1. The number of rotatable bonds is 3. The second-order valence-corrected chi connectivity index (χ2v) is 5.68. The van der Waals surface area contributed by atoms with E-state index in [-0.39, 0.29) is 0 Å². The van der Waals surface area contributed by atoms with Gasteiger partial charge < -0.3 is 5.11 Å². The molecule has 0 spiro atoms. The Morgan fingerprint density at radius 3 is 1.63 bits per heavy atom. The molecule has 2 aromatic rings. The summed E-state index contributed by atoms with van der Waals surface area (Å²) in [5.41, 5.74) is 4.45. The molecule has 0 fully saturated rings. The van der Waals surface area contributed by atoms with Crippen molar-refractivity contribution < 1.29 is 5.11 Å². The fourth-order valence-electron chi connectivity index (χ4n) is 2.36. The molecule has 0 saturated carbocycles. The lowest BCUT2D eigenvalue weighted by atomic mass is 9.89. The average molecular weight is 254 g/mol. The van der Waals surface area contributed by atoms with Crippen LogP contribution in [0.5, 0.6) is 5.75 Å². The molecule has 2 aromatic carbocycles. The van der Waals surface area contributed by atoms with Crippen molar-refractivity contribution in [3.63, 3.8) is 0 Å². The van der Waals surface area contributed by atoms with Crippen molar-refractivity contribution in [3.8, 4) is 16.9 Å². The summed E-state index contributed by atoms with van der Waals surface area (Å²) in [6.07, 6.45) is 0. The predicted octanol–water partition coefficient (Wildman–Crippen LogP) is 5.31. The summed E-state index contributed by atoms with van der Waals surface area (Å²) >= 11 is 0. The van der Waals surface area contributed by atoms with E-state index < -0.39 is 0 Å². The van der Waals surface area contributed by atoms with Crippen molar-refractivity contribution >= 4 is 0 Å². The smallest absolute Gasteiger partial charge is 0.122 e. The molecule has 0 aromatic heterocycles. The molecule has 0 atom stereocenters. The van der Waals surface area contributed by atoms with Gasteiger partial charge in [-0.05, 0) is 46.2 Å². The first kappa shape index (κ1) is 13.7. The molecule has 0 aliphatic carbocycles. The van der Waals surface area contributed by atoms with Gasteiger partial charge in [0.25, 0.3) is 0 Å². The number of hydrogen-bond acceptors (Lipinski definition) is 1. The van der Waals surface area contributed by atoms with E-state index in [0.717, 1.165) is 11.1 Å². The van der Waals surface area contributed by atoms with Crippen LogP contribution < -0.4 is 0 Å². The zero-order valence-corrected chi connectivity index (χ0v) is 12.1. The fourth-order valence-corrected chi connectivity index (χ4v) is 2.36. The molecular weight excluding hydrogens is 232 g/mol. The number of aromatic hydroxyl groups is 1. The first-order chi connectivity index (χ1) is 9.00. The maximum absolute atomic E-state index is 10.4. The normalized spacial score (nSPS) is 11.3. The minimum absolute atomic E-state index is 0.321. The molecule has 100 valence electrons. The van der Waals surface area contributed by atoms with Crippen LogP contribution >= 0.6 is 0 Å². The predicted molar refractivity (Wildman–Crippen MR) is 81.7 cm³/mol. The molecule has 2 rings (SSSR count). The molecule has 19 heavy (non-hydrogen) atoms. The Hall–Kier alpha value is -1.76. The van der Waals surface area contributed by atoms with E-state index in [1.165, 1.54) is 11.1 Å². The Morgan fingerprint density at radius 2 is 1.21 bits per heavy atom. The van der Waals surface area contributed by atoms with E-state index in [2.05, 4.69) is 52.0 Å². The third-order valence-corrected chi connectivity index (χ3v) is 3.52. The summed E-state index contributed by atoms with van der Waals surface area (Å²) in [6.45, 7) is 8.48. The molecule has 1 N–H and O–H groups in total. The Kier molecular flexibility index (Phi) is 3.94. The Balaban J connectivity index is 2.63. The monoisotopic (exact) mass is 254 g/mol. The number of benzene rings is 2. The third-order valence-electron chi connectivity index (χ3n) is 3.52. The summed E-state index contributed by atoms with van der Waals surface area (Å²) in [7, 11) is 0. The molecule has 1 heteroatoms. The second-order valence-electron chi connectivity index (χ2n) is 5.68. The quantitative estimate of drug-likeness (QED) is 0.787. The maximum Gasteiger partial charge on any atom is 0.122 e. The summed E-state index contributed by atoms with van der Waals surface area (Å²) < 4.78 is 0. The van der Waals surface area contributed by atoms with Gasteiger partial charge in [0, 0.05) is 0 Å². The second kappa shape index (κ2) is 5.48. The van der Waals surface area contributed by atoms with Gasteiger partial charge in [0.15, 0.2) is 0 Å². The van der Waals surface area contributed by atoms with E-state index >= 15 is 0 Å². The fraction of sp³-hybridized carbons (Fsp3) is 0.333. The highest BCUT2D eigenvalue weighted by atomic mass is 16.3. The van der Waals surface area contributed by atoms with Crippen LogP contribution in [-0.2, 0) is 0 Å². The minimum atomic E-state index is 0.321. The van der Waals surface area contributed by atoms with E-state index in [9.17, 15) is 5.11 Å². The van der Waals surface area contributed by atoms with Crippen molar-refractivity contribution in [1.29, 1.82) is 0 Å². The summed E-state index contributed by atoms with van der Waals surface area (Å²) in [6, 6.07) is 14.6. The largest absolute Gasteiger partial charge is 0.507 e. The number of phenols is 1. The third kappa shape index (κ3) is 2.81. The van der Waals surface area contributed by atoms with Gasteiger partial charge >= 0.3 is 0 Å². The number of hydrogen-bond donors (Lipinski definition) is 1. The molecule has 0 radical (unpaired) electrons. The van der Waals surface area contributed by atoms with Crippen LogP contribution in [0.1, 0.15) is 50.7 Å². The van der Waals surface area contributed by atoms with Crippen LogP contribution in [0.25, 0.3) is 11.1 Å². The van der Waals surface area contributed by atoms with Gasteiger partial charge in [-0.25, -0.2) is 0 Å². The molecule has 0 aliphatic rings. The van der Waals surface area contributed by atoms with Gasteiger partial charge in [0.1, 0.15) is 5.75 Å². The molecule has 0 unspecified atom stereocenters. The van der Waals surface area contributed by atoms with Crippen molar-refractivity contribution in [3.05, 3.63) is 53.6 Å². The van der Waals surface area contributed by atoms with Crippen LogP contribution in [0.4, 0.5) is 0 Å². The van der Waals surface area contributed by atoms with E-state index in [4.69, 9.17) is 0 Å². The van der Waals surface area contributed by atoms with Gasteiger partial charge in [-0.3, -0.25) is 0 Å². The van der Waals surface area contributed by atoms with Gasteiger partial charge in [-0.2, -0.15) is 0 Å². The highest BCUT2D eigenvalue weighted by Gasteiger charge is 2.15. The lowest BCUT2D eigenvalue weighted by molar-refractivity contribution is 0.454. The molecule has 0 bridgehead atoms. The van der Waals surface area contributed by atoms with E-state index in [0.29, 0.717) is 17.6 Å². The molecular formula is C18H22O. The molecule has 0 amide bonds. The topological polar surface area (TPSA) is 20.2 Å². The van der Waals surface area contributed by atoms with E-state index in [1.807, 2.05) is 18.2 Å². The Labute approximate surface area is 115 Å². The molecule has 0 aliphatic heterocycles. The maximum atomic E-state index is 10.4. The van der Waals surface area contributed by atoms with Crippen LogP contribution in [0.15, 0.2) is 42.5 Å². The van der Waals surface area contributed by atoms with Gasteiger partial charge in [-0.15, -0.1) is 0 Å². The van der Waals surface area contributed by atoms with Crippen molar-refractivity contribution in [1.82, 2.24) is 0 Å². The van der Waals surface area contributed by atoms with Gasteiger partial charge in [-0.1, -0.05) is 58.0 Å². The van der Waals surface area contributed by atoms with Gasteiger partial charge in [0.2, 0.25) is 0 Å². The highest BCUT2D eigenvalue weighted by Crippen LogP contribution is 2.37. The SMILES string of the molecule is CC(C)c1cc(-c2ccccc2)cc(C(C)C)c1O. The van der Waals surface area contributed by atoms with Gasteiger partial charge in [0.05, 0.1) is 0 Å². The molecule has 0 heterocycles. The zero-order chi connectivity index (χ0) is 14.0. The van der Waals surface area contributed by atoms with Crippen molar-refractivity contribution in [2.24, 2.45) is 0 Å². The molecule has 0 saturated heterocycles. The number of phenolic OH excluding ortho intramolecular Hbond substituents is 1. The highest BCUT2D eigenvalue weighted by molar-refractivity contribution is 5.68. The summed E-state index contributed by atoms with van der Waals surface area (Å²) in [5, 5.41) is 10.4. The first-order valence-corrected chi connectivity index (χ1v) is 6.93. The summed E-state index contributed by atoms with van der Waals surface area (Å²) in [4.78, 5) is 0. The van der Waals surface area contributed by atoms with Crippen molar-refractivity contribution in [2.45, 2.75) is 39.5 Å². The van der Waals surface area contributed by atoms with Crippen LogP contribution in [0.2, 0.25) is 0 Å². The van der Waals surface area contributed by atoms with Crippen LogP contribution in [0.3, 0.4) is 0 Å². The summed E-state index contributed by atoms with van der Waals surface area (Å²) in [5.74, 6) is 1.10. The molecule has 1 nitrogen and oxygen atoms in total. The average Bonchev–Trinajstić information content (AvgIpc) is 2.39. The lowest BCUT2D eigenvalue weighted by Gasteiger charge is -2.17.